The number of nitrogens with zero attached hydrogens (tertiary/aromatic N) is 3. The lowest BCUT2D eigenvalue weighted by Crippen LogP contribution is -2.46. The van der Waals surface area contributed by atoms with E-state index in [0.29, 0.717) is 13.1 Å². The minimum atomic E-state index is -4.53. The van der Waals surface area contributed by atoms with Crippen LogP contribution in [0.3, 0.4) is 0 Å². The molecule has 0 N–H and O–H groups in total. The van der Waals surface area contributed by atoms with E-state index in [2.05, 4.69) is 26.7 Å². The number of halogens is 4. The predicted molar refractivity (Wildman–Crippen MR) is 123 cm³/mol. The van der Waals surface area contributed by atoms with Gasteiger partial charge in [0.15, 0.2) is 6.10 Å². The number of hydrogen-bond donors (Lipinski definition) is 0. The van der Waals surface area contributed by atoms with Gasteiger partial charge in [-0.05, 0) is 81.2 Å². The Morgan fingerprint density at radius 1 is 1.06 bits per heavy atom. The molecule has 0 aliphatic carbocycles. The smallest absolute Gasteiger partial charge is 0.425 e. The van der Waals surface area contributed by atoms with Gasteiger partial charge in [0, 0.05) is 50.0 Å². The molecule has 3 aliphatic heterocycles. The Morgan fingerprint density at radius 2 is 1.73 bits per heavy atom. The van der Waals surface area contributed by atoms with Crippen LogP contribution in [0.15, 0.2) is 18.2 Å². The van der Waals surface area contributed by atoms with Gasteiger partial charge in [0.2, 0.25) is 0 Å². The summed E-state index contributed by atoms with van der Waals surface area (Å²) >= 11 is 6.44. The largest absolute Gasteiger partial charge is 0.437 e. The number of piperidine rings is 2. The predicted octanol–water partition coefficient (Wildman–Crippen LogP) is 5.71. The molecule has 33 heavy (non-hydrogen) atoms. The average Bonchev–Trinajstić information content (AvgIpc) is 3.15. The van der Waals surface area contributed by atoms with E-state index in [-0.39, 0.29) is 5.41 Å². The molecule has 0 saturated carbocycles. The van der Waals surface area contributed by atoms with E-state index in [9.17, 15) is 18.0 Å². The van der Waals surface area contributed by atoms with Crippen molar-refractivity contribution in [2.75, 3.05) is 44.2 Å². The van der Waals surface area contributed by atoms with E-state index in [1.807, 2.05) is 6.07 Å². The van der Waals surface area contributed by atoms with Gasteiger partial charge in [0.1, 0.15) is 0 Å². The normalized spacial score (nSPS) is 22.6. The molecule has 1 atom stereocenters. The molecule has 4 rings (SSSR count). The molecule has 0 bridgehead atoms. The van der Waals surface area contributed by atoms with Crippen LogP contribution >= 0.6 is 11.6 Å². The highest BCUT2D eigenvalue weighted by Gasteiger charge is 2.43. The SMILES string of the molecule is CC(OC(=O)N1CCC2(CCN(Cc3cc(Cl)cc(N4CCCCC4)c3)C2)CC1)C(F)(F)F. The molecule has 0 aromatic heterocycles. The number of rotatable bonds is 4. The first-order valence-corrected chi connectivity index (χ1v) is 12.3. The zero-order chi connectivity index (χ0) is 23.6. The van der Waals surface area contributed by atoms with E-state index in [4.69, 9.17) is 11.6 Å². The Hall–Kier alpha value is -1.67. The van der Waals surface area contributed by atoms with Crippen LogP contribution in [0.4, 0.5) is 23.7 Å². The number of benzene rings is 1. The van der Waals surface area contributed by atoms with Crippen molar-refractivity contribution in [2.45, 2.75) is 64.3 Å². The lowest BCUT2D eigenvalue weighted by Gasteiger charge is -2.39. The molecule has 3 saturated heterocycles. The Bertz CT molecular complexity index is 837. The highest BCUT2D eigenvalue weighted by Crippen LogP contribution is 2.41. The van der Waals surface area contributed by atoms with Crippen molar-refractivity contribution < 1.29 is 22.7 Å². The van der Waals surface area contributed by atoms with E-state index < -0.39 is 18.4 Å². The van der Waals surface area contributed by atoms with E-state index in [0.717, 1.165) is 63.9 Å². The van der Waals surface area contributed by atoms with Crippen molar-refractivity contribution in [3.63, 3.8) is 0 Å². The standard InChI is InChI=1S/C24H33ClF3N3O2/c1-18(24(26,27)28)33-22(32)31-11-6-23(7-12-31)5-10-29(17-23)16-19-13-20(25)15-21(14-19)30-8-3-2-4-9-30/h13-15,18H,2-12,16-17H2,1H3. The number of anilines is 1. The highest BCUT2D eigenvalue weighted by atomic mass is 35.5. The summed E-state index contributed by atoms with van der Waals surface area (Å²) in [6, 6.07) is 6.35. The first kappa shape index (κ1) is 24.5. The molecule has 1 aromatic rings. The van der Waals surface area contributed by atoms with Gasteiger partial charge >= 0.3 is 12.3 Å². The number of hydrogen-bond acceptors (Lipinski definition) is 4. The van der Waals surface area contributed by atoms with Crippen LogP contribution in [0.25, 0.3) is 0 Å². The van der Waals surface area contributed by atoms with Crippen molar-refractivity contribution in [1.29, 1.82) is 0 Å². The monoisotopic (exact) mass is 487 g/mol. The maximum Gasteiger partial charge on any atom is 0.425 e. The van der Waals surface area contributed by atoms with Gasteiger partial charge < -0.3 is 14.5 Å². The Balaban J connectivity index is 1.30. The van der Waals surface area contributed by atoms with Crippen molar-refractivity contribution >= 4 is 23.4 Å². The summed E-state index contributed by atoms with van der Waals surface area (Å²) in [4.78, 5) is 18.4. The molecule has 3 aliphatic rings. The molecule has 0 radical (unpaired) electrons. The van der Waals surface area contributed by atoms with Crippen LogP contribution in [-0.2, 0) is 11.3 Å². The zero-order valence-electron chi connectivity index (χ0n) is 19.2. The second kappa shape index (κ2) is 9.90. The number of likely N-dealkylation sites (tertiary alicyclic amines) is 2. The van der Waals surface area contributed by atoms with Crippen molar-refractivity contribution in [1.82, 2.24) is 9.80 Å². The van der Waals surface area contributed by atoms with Gasteiger partial charge in [-0.2, -0.15) is 13.2 Å². The van der Waals surface area contributed by atoms with E-state index >= 15 is 0 Å². The van der Waals surface area contributed by atoms with Gasteiger partial charge in [0.25, 0.3) is 0 Å². The first-order chi connectivity index (χ1) is 15.6. The van der Waals surface area contributed by atoms with E-state index in [1.54, 1.807) is 0 Å². The summed E-state index contributed by atoms with van der Waals surface area (Å²) in [6.45, 7) is 6.63. The molecule has 1 spiro atoms. The quantitative estimate of drug-likeness (QED) is 0.545. The molecule has 9 heteroatoms. The van der Waals surface area contributed by atoms with Gasteiger partial charge in [-0.25, -0.2) is 4.79 Å². The van der Waals surface area contributed by atoms with E-state index in [1.165, 1.54) is 35.4 Å². The summed E-state index contributed by atoms with van der Waals surface area (Å²) in [5, 5.41) is 0.766. The lowest BCUT2D eigenvalue weighted by atomic mass is 9.78. The molecule has 1 amide bonds. The van der Waals surface area contributed by atoms with Crippen molar-refractivity contribution in [3.05, 3.63) is 28.8 Å². The van der Waals surface area contributed by atoms with Gasteiger partial charge in [-0.1, -0.05) is 11.6 Å². The molecule has 1 unspecified atom stereocenters. The second-order valence-electron chi connectivity index (χ2n) is 9.88. The summed E-state index contributed by atoms with van der Waals surface area (Å²) < 4.78 is 42.7. The Labute approximate surface area is 198 Å². The number of amides is 1. The average molecular weight is 488 g/mol. The zero-order valence-corrected chi connectivity index (χ0v) is 19.9. The molecule has 184 valence electrons. The minimum absolute atomic E-state index is 0.112. The second-order valence-corrected chi connectivity index (χ2v) is 10.3. The number of ether oxygens (including phenoxy) is 1. The fourth-order valence-corrected chi connectivity index (χ4v) is 5.60. The summed E-state index contributed by atoms with van der Waals surface area (Å²) in [5.41, 5.74) is 2.52. The molecule has 3 fully saturated rings. The van der Waals surface area contributed by atoms with Crippen LogP contribution in [0.2, 0.25) is 5.02 Å². The Morgan fingerprint density at radius 3 is 2.39 bits per heavy atom. The number of carbonyl (C=O) groups is 1. The minimum Gasteiger partial charge on any atom is -0.437 e. The molecular weight excluding hydrogens is 455 g/mol. The number of alkyl halides is 3. The summed E-state index contributed by atoms with van der Waals surface area (Å²) in [7, 11) is 0. The fourth-order valence-electron chi connectivity index (χ4n) is 5.34. The topological polar surface area (TPSA) is 36.0 Å². The summed E-state index contributed by atoms with van der Waals surface area (Å²) in [5.74, 6) is 0. The first-order valence-electron chi connectivity index (χ1n) is 11.9. The molecule has 5 nitrogen and oxygen atoms in total. The molecule has 1 aromatic carbocycles. The van der Waals surface area contributed by atoms with Gasteiger partial charge in [0.05, 0.1) is 0 Å². The van der Waals surface area contributed by atoms with Crippen LogP contribution in [-0.4, -0.2) is 67.4 Å². The maximum absolute atomic E-state index is 12.7. The van der Waals surface area contributed by atoms with Crippen molar-refractivity contribution in [3.8, 4) is 0 Å². The third-order valence-electron chi connectivity index (χ3n) is 7.41. The van der Waals surface area contributed by atoms with Crippen LogP contribution in [0.1, 0.15) is 51.0 Å². The Kier molecular flexibility index (Phi) is 7.34. The lowest BCUT2D eigenvalue weighted by molar-refractivity contribution is -0.200. The summed E-state index contributed by atoms with van der Waals surface area (Å²) in [6.07, 6.45) is -1.16. The van der Waals surface area contributed by atoms with Gasteiger partial charge in [-0.15, -0.1) is 0 Å². The third kappa shape index (κ3) is 6.07. The molecular formula is C24H33ClF3N3O2. The van der Waals surface area contributed by atoms with Crippen molar-refractivity contribution in [2.24, 2.45) is 5.41 Å². The third-order valence-corrected chi connectivity index (χ3v) is 7.63. The van der Waals surface area contributed by atoms with Crippen LogP contribution in [0.5, 0.6) is 0 Å². The van der Waals surface area contributed by atoms with Crippen LogP contribution < -0.4 is 4.90 Å². The fraction of sp³-hybridized carbons (Fsp3) is 0.708. The van der Waals surface area contributed by atoms with Crippen LogP contribution in [0, 0.1) is 5.41 Å². The molecule has 3 heterocycles. The highest BCUT2D eigenvalue weighted by molar-refractivity contribution is 6.30. The number of carbonyl (C=O) groups excluding carboxylic acids is 1. The van der Waals surface area contributed by atoms with Gasteiger partial charge in [-0.3, -0.25) is 4.90 Å². The maximum atomic E-state index is 12.7.